The smallest absolute Gasteiger partial charge is 0.306 e. The molecular weight excluding hydrogens is 707 g/mol. The number of hydrogen-bond acceptors (Lipinski definition) is 8. The summed E-state index contributed by atoms with van der Waals surface area (Å²) in [6.07, 6.45) is 1.93. The molecule has 1 heterocycles. The Bertz CT molecular complexity index is 1750. The van der Waals surface area contributed by atoms with Gasteiger partial charge < -0.3 is 23.7 Å². The third-order valence-electron chi connectivity index (χ3n) is 7.38. The van der Waals surface area contributed by atoms with Crippen LogP contribution in [0.3, 0.4) is 0 Å². The minimum atomic E-state index is -3.03. The topological polar surface area (TPSA) is 97.4 Å². The first kappa shape index (κ1) is 32.6. The molecule has 1 atom stereocenters. The number of aryl methyl sites for hydroxylation is 1. The molecule has 0 radical (unpaired) electrons. The molecule has 0 N–H and O–H groups in total. The quantitative estimate of drug-likeness (QED) is 0.0791. The number of esters is 1. The predicted octanol–water partition coefficient (Wildman–Crippen LogP) is 7.49. The summed E-state index contributed by atoms with van der Waals surface area (Å²) in [5.74, 6) is 3.30. The van der Waals surface area contributed by atoms with Crippen molar-refractivity contribution in [2.45, 2.75) is 32.3 Å². The minimum Gasteiger partial charge on any atom is -0.494 e. The third-order valence-corrected chi connectivity index (χ3v) is 9.27. The summed E-state index contributed by atoms with van der Waals surface area (Å²) in [7, 11) is -1.64. The van der Waals surface area contributed by atoms with Crippen molar-refractivity contribution in [2.75, 3.05) is 32.3 Å². The van der Waals surface area contributed by atoms with Gasteiger partial charge in [-0.25, -0.2) is 8.42 Å². The molecule has 4 aromatic rings. The second kappa shape index (κ2) is 14.6. The molecule has 4 aromatic carbocycles. The number of sulfone groups is 1. The summed E-state index contributed by atoms with van der Waals surface area (Å²) in [5.41, 5.74) is 4.84. The second-order valence-corrected chi connectivity index (χ2v) is 14.4. The molecule has 5 rings (SSSR count). The first-order valence-corrected chi connectivity index (χ1v) is 17.7. The predicted molar refractivity (Wildman–Crippen MR) is 181 cm³/mol. The Hall–Kier alpha value is -3.77. The van der Waals surface area contributed by atoms with Gasteiger partial charge in [0.25, 0.3) is 0 Å². The normalized spacial score (nSPS) is 13.9. The van der Waals surface area contributed by atoms with Crippen molar-refractivity contribution in [3.8, 4) is 39.9 Å². The lowest BCUT2D eigenvalue weighted by atomic mass is 9.97. The first-order chi connectivity index (χ1) is 21.6. The largest absolute Gasteiger partial charge is 0.494 e. The van der Waals surface area contributed by atoms with E-state index in [1.54, 1.807) is 0 Å². The van der Waals surface area contributed by atoms with Crippen molar-refractivity contribution in [1.29, 1.82) is 0 Å². The van der Waals surface area contributed by atoms with E-state index in [0.29, 0.717) is 43.5 Å². The van der Waals surface area contributed by atoms with Crippen molar-refractivity contribution in [2.24, 2.45) is 0 Å². The van der Waals surface area contributed by atoms with Gasteiger partial charge in [0, 0.05) is 38.5 Å². The van der Waals surface area contributed by atoms with E-state index >= 15 is 0 Å². The number of carbonyl (C=O) groups is 1. The monoisotopic (exact) mass is 742 g/mol. The van der Waals surface area contributed by atoms with Gasteiger partial charge in [-0.2, -0.15) is 0 Å². The maximum absolute atomic E-state index is 11.8. The number of fused-ring (bicyclic) bond motifs is 1. The van der Waals surface area contributed by atoms with Crippen LogP contribution in [-0.2, 0) is 26.0 Å². The highest BCUT2D eigenvalue weighted by Crippen LogP contribution is 2.41. The Balaban J connectivity index is 1.37. The molecule has 45 heavy (non-hydrogen) atoms. The van der Waals surface area contributed by atoms with Gasteiger partial charge >= 0.3 is 5.97 Å². The molecular formula is C35H35IO8S. The second-order valence-electron chi connectivity index (χ2n) is 11.0. The van der Waals surface area contributed by atoms with Gasteiger partial charge in [-0.15, -0.1) is 0 Å². The number of methoxy groups -OCH3 is 1. The van der Waals surface area contributed by atoms with Gasteiger partial charge in [0.15, 0.2) is 0 Å². The van der Waals surface area contributed by atoms with Crippen LogP contribution in [0.4, 0.5) is 0 Å². The summed E-state index contributed by atoms with van der Waals surface area (Å²) >= 11 is 2.30. The fraction of sp³-hybridized carbons (Fsp3) is 0.286. The number of rotatable bonds is 13. The van der Waals surface area contributed by atoms with E-state index in [1.807, 2.05) is 79.7 Å². The van der Waals surface area contributed by atoms with E-state index in [4.69, 9.17) is 23.7 Å². The van der Waals surface area contributed by atoms with Crippen LogP contribution >= 0.6 is 22.6 Å². The average molecular weight is 743 g/mol. The van der Waals surface area contributed by atoms with E-state index in [9.17, 15) is 13.2 Å². The Morgan fingerprint density at radius 1 is 0.956 bits per heavy atom. The lowest BCUT2D eigenvalue weighted by Gasteiger charge is -2.18. The van der Waals surface area contributed by atoms with Gasteiger partial charge in [0.1, 0.15) is 45.2 Å². The van der Waals surface area contributed by atoms with Crippen molar-refractivity contribution < 1.29 is 36.9 Å². The van der Waals surface area contributed by atoms with Crippen LogP contribution in [0.5, 0.6) is 28.7 Å². The van der Waals surface area contributed by atoms with Crippen LogP contribution in [0.2, 0.25) is 0 Å². The number of halogens is 1. The Kier molecular flexibility index (Phi) is 10.5. The highest BCUT2D eigenvalue weighted by atomic mass is 127. The number of ether oxygens (including phenoxy) is 5. The van der Waals surface area contributed by atoms with Gasteiger partial charge in [0.2, 0.25) is 0 Å². The zero-order valence-electron chi connectivity index (χ0n) is 25.4. The molecule has 8 nitrogen and oxygen atoms in total. The molecule has 0 spiro atoms. The molecule has 236 valence electrons. The van der Waals surface area contributed by atoms with Gasteiger partial charge in [-0.1, -0.05) is 30.3 Å². The molecule has 0 unspecified atom stereocenters. The number of para-hydroxylation sites is 1. The molecule has 0 saturated heterocycles. The zero-order chi connectivity index (χ0) is 32.0. The van der Waals surface area contributed by atoms with E-state index in [2.05, 4.69) is 28.7 Å². The molecule has 0 fully saturated rings. The lowest BCUT2D eigenvalue weighted by molar-refractivity contribution is -0.141. The Morgan fingerprint density at radius 3 is 2.49 bits per heavy atom. The standard InChI is InChI=1S/C35H35IO8S/c1-23-16-28(41-14-7-15-45(3,38)39)19-31(36)35(23)30-17-24(10-13-32(30)44-26-8-5-4-6-9-26)21-42-27-11-12-29-25(18-34(37)40-2)22-43-33(29)20-27/h4-6,8-13,16-17,19-20,25H,7,14-15,18,21-22H2,1-3H3/t25-/m1/s1. The maximum Gasteiger partial charge on any atom is 0.306 e. The van der Waals surface area contributed by atoms with Crippen LogP contribution in [0, 0.1) is 10.5 Å². The van der Waals surface area contributed by atoms with Crippen LogP contribution in [0.25, 0.3) is 11.1 Å². The molecule has 0 aromatic heterocycles. The van der Waals surface area contributed by atoms with Crippen molar-refractivity contribution in [1.82, 2.24) is 0 Å². The van der Waals surface area contributed by atoms with Crippen LogP contribution < -0.4 is 18.9 Å². The van der Waals surface area contributed by atoms with Crippen molar-refractivity contribution in [3.63, 3.8) is 0 Å². The summed E-state index contributed by atoms with van der Waals surface area (Å²) in [5, 5.41) is 0. The number of carbonyl (C=O) groups excluding carboxylic acids is 1. The Labute approximate surface area is 277 Å². The highest BCUT2D eigenvalue weighted by Gasteiger charge is 2.27. The van der Waals surface area contributed by atoms with Gasteiger partial charge in [-0.05, 0) is 89.5 Å². The first-order valence-electron chi connectivity index (χ1n) is 14.5. The van der Waals surface area contributed by atoms with Crippen molar-refractivity contribution >= 4 is 38.4 Å². The molecule has 1 aliphatic heterocycles. The number of hydrogen-bond donors (Lipinski definition) is 0. The summed E-state index contributed by atoms with van der Waals surface area (Å²) in [4.78, 5) is 11.8. The average Bonchev–Trinajstić information content (AvgIpc) is 3.40. The van der Waals surface area contributed by atoms with Gasteiger partial charge in [-0.3, -0.25) is 4.79 Å². The highest BCUT2D eigenvalue weighted by molar-refractivity contribution is 14.1. The van der Waals surface area contributed by atoms with Crippen molar-refractivity contribution in [3.05, 3.63) is 99.1 Å². The lowest BCUT2D eigenvalue weighted by Crippen LogP contribution is -2.09. The van der Waals surface area contributed by atoms with Gasteiger partial charge in [0.05, 0.1) is 32.5 Å². The number of benzene rings is 4. The third kappa shape index (κ3) is 8.70. The van der Waals surface area contributed by atoms with E-state index in [0.717, 1.165) is 42.9 Å². The molecule has 0 bridgehead atoms. The minimum absolute atomic E-state index is 0.0313. The molecule has 0 amide bonds. The summed E-state index contributed by atoms with van der Waals surface area (Å²) in [6, 6.07) is 25.3. The molecule has 10 heteroatoms. The van der Waals surface area contributed by atoms with Crippen LogP contribution in [0.15, 0.2) is 78.9 Å². The zero-order valence-corrected chi connectivity index (χ0v) is 28.4. The summed E-state index contributed by atoms with van der Waals surface area (Å²) in [6.45, 7) is 3.09. The Morgan fingerprint density at radius 2 is 1.76 bits per heavy atom. The fourth-order valence-electron chi connectivity index (χ4n) is 5.18. The van der Waals surface area contributed by atoms with E-state index in [-0.39, 0.29) is 24.1 Å². The van der Waals surface area contributed by atoms with Crippen LogP contribution in [-0.4, -0.2) is 46.7 Å². The summed E-state index contributed by atoms with van der Waals surface area (Å²) < 4.78 is 53.0. The van der Waals surface area contributed by atoms with Crippen LogP contribution in [0.1, 0.15) is 35.4 Å². The SMILES string of the molecule is COC(=O)C[C@@H]1COc2cc(OCc3ccc(Oc4ccccc4)c(-c4c(C)cc(OCCCS(C)(=O)=O)cc4I)c3)ccc21. The van der Waals surface area contributed by atoms with E-state index in [1.165, 1.54) is 13.4 Å². The maximum atomic E-state index is 11.8. The van der Waals surface area contributed by atoms with E-state index < -0.39 is 9.84 Å². The molecule has 0 aliphatic carbocycles. The molecule has 1 aliphatic rings. The molecule has 0 saturated carbocycles. The fourth-order valence-corrected chi connectivity index (χ4v) is 6.85.